The summed E-state index contributed by atoms with van der Waals surface area (Å²) < 4.78 is 5.15. The number of amides is 2. The van der Waals surface area contributed by atoms with Gasteiger partial charge in [0, 0.05) is 17.3 Å². The molecule has 2 atom stereocenters. The van der Waals surface area contributed by atoms with E-state index in [1.807, 2.05) is 37.4 Å². The molecule has 1 aliphatic rings. The second-order valence-corrected chi connectivity index (χ2v) is 7.45. The van der Waals surface area contributed by atoms with Crippen molar-refractivity contribution in [2.45, 2.75) is 24.9 Å². The van der Waals surface area contributed by atoms with E-state index >= 15 is 0 Å². The Hall–Kier alpha value is -2.57. The van der Waals surface area contributed by atoms with Crippen LogP contribution in [0.25, 0.3) is 0 Å². The predicted octanol–water partition coefficient (Wildman–Crippen LogP) is 1.82. The van der Waals surface area contributed by atoms with E-state index in [0.29, 0.717) is 22.5 Å². The maximum absolute atomic E-state index is 13.1. The Morgan fingerprint density at radius 2 is 1.93 bits per heavy atom. The minimum atomic E-state index is -0.535. The van der Waals surface area contributed by atoms with E-state index in [2.05, 4.69) is 10.6 Å². The number of nitrogens with one attached hydrogen (secondary N) is 3. The number of carbonyl (C=O) groups is 2. The van der Waals surface area contributed by atoms with Crippen LogP contribution in [0.5, 0.6) is 5.75 Å². The van der Waals surface area contributed by atoms with Gasteiger partial charge in [0.2, 0.25) is 0 Å². The van der Waals surface area contributed by atoms with Crippen molar-refractivity contribution in [3.63, 3.8) is 0 Å². The molecule has 1 saturated carbocycles. The molecule has 0 aliphatic heterocycles. The smallest absolute Gasteiger partial charge is 0.287 e. The van der Waals surface area contributed by atoms with E-state index in [1.54, 1.807) is 18.2 Å². The SMILES string of the molecule is COc1ccc(NC(=O)[C@@H](c2ccccc2)[NH+](C)CC(=O)NC2CC2)cc1Cl. The highest BCUT2D eigenvalue weighted by atomic mass is 35.5. The highest BCUT2D eigenvalue weighted by molar-refractivity contribution is 6.32. The number of hydrogen-bond acceptors (Lipinski definition) is 3. The number of benzene rings is 2. The molecule has 6 nitrogen and oxygen atoms in total. The summed E-state index contributed by atoms with van der Waals surface area (Å²) in [5.74, 6) is 0.296. The van der Waals surface area contributed by atoms with E-state index in [0.717, 1.165) is 23.3 Å². The van der Waals surface area contributed by atoms with E-state index in [9.17, 15) is 9.59 Å². The van der Waals surface area contributed by atoms with Crippen molar-refractivity contribution in [1.29, 1.82) is 0 Å². The molecular weight excluding hydrogens is 378 g/mol. The lowest BCUT2D eigenvalue weighted by Gasteiger charge is -2.24. The summed E-state index contributed by atoms with van der Waals surface area (Å²) >= 11 is 6.16. The van der Waals surface area contributed by atoms with Crippen LogP contribution >= 0.6 is 11.6 Å². The number of ether oxygens (including phenoxy) is 1. The zero-order chi connectivity index (χ0) is 20.1. The fourth-order valence-electron chi connectivity index (χ4n) is 3.13. The van der Waals surface area contributed by atoms with E-state index in [-0.39, 0.29) is 18.4 Å². The van der Waals surface area contributed by atoms with Crippen LogP contribution in [0.4, 0.5) is 5.69 Å². The number of methoxy groups -OCH3 is 1. The Balaban J connectivity index is 1.76. The monoisotopic (exact) mass is 402 g/mol. The third-order valence-electron chi connectivity index (χ3n) is 4.69. The number of rotatable bonds is 8. The number of likely N-dealkylation sites (N-methyl/N-ethyl adjacent to an activating group) is 1. The fraction of sp³-hybridized carbons (Fsp3) is 0.333. The quantitative estimate of drug-likeness (QED) is 0.630. The summed E-state index contributed by atoms with van der Waals surface area (Å²) in [5, 5.41) is 6.30. The van der Waals surface area contributed by atoms with Crippen LogP contribution in [-0.4, -0.2) is 38.6 Å². The number of hydrogen-bond donors (Lipinski definition) is 3. The summed E-state index contributed by atoms with van der Waals surface area (Å²) in [6.07, 6.45) is 2.07. The summed E-state index contributed by atoms with van der Waals surface area (Å²) in [7, 11) is 3.39. The second kappa shape index (κ2) is 9.08. The number of anilines is 1. The Morgan fingerprint density at radius 3 is 2.54 bits per heavy atom. The lowest BCUT2D eigenvalue weighted by Crippen LogP contribution is -3.11. The third kappa shape index (κ3) is 5.24. The molecule has 2 aromatic carbocycles. The van der Waals surface area contributed by atoms with Gasteiger partial charge in [-0.15, -0.1) is 0 Å². The molecule has 3 N–H and O–H groups in total. The molecule has 0 heterocycles. The maximum atomic E-state index is 13.1. The molecule has 3 rings (SSSR count). The van der Waals surface area contributed by atoms with Crippen molar-refractivity contribution in [2.24, 2.45) is 0 Å². The Bertz CT molecular complexity index is 840. The van der Waals surface area contributed by atoms with Crippen LogP contribution in [0.2, 0.25) is 5.02 Å². The van der Waals surface area contributed by atoms with Crippen LogP contribution in [0.15, 0.2) is 48.5 Å². The van der Waals surface area contributed by atoms with Gasteiger partial charge in [-0.2, -0.15) is 0 Å². The zero-order valence-corrected chi connectivity index (χ0v) is 16.8. The summed E-state index contributed by atoms with van der Waals surface area (Å²) in [6, 6.07) is 14.3. The molecular formula is C21H25ClN3O3+. The van der Waals surface area contributed by atoms with Crippen LogP contribution < -0.4 is 20.3 Å². The van der Waals surface area contributed by atoms with Gasteiger partial charge in [-0.3, -0.25) is 9.59 Å². The average molecular weight is 403 g/mol. The second-order valence-electron chi connectivity index (χ2n) is 7.05. The molecule has 1 unspecified atom stereocenters. The van der Waals surface area contributed by atoms with Crippen LogP contribution in [0.3, 0.4) is 0 Å². The summed E-state index contributed by atoms with van der Waals surface area (Å²) in [5.41, 5.74) is 1.42. The highest BCUT2D eigenvalue weighted by Gasteiger charge is 2.32. The lowest BCUT2D eigenvalue weighted by atomic mass is 10.0. The molecule has 0 radical (unpaired) electrons. The molecule has 0 aromatic heterocycles. The number of quaternary nitrogens is 1. The predicted molar refractivity (Wildman–Crippen MR) is 109 cm³/mol. The molecule has 148 valence electrons. The van der Waals surface area contributed by atoms with Crippen LogP contribution in [-0.2, 0) is 9.59 Å². The van der Waals surface area contributed by atoms with Crippen LogP contribution in [0.1, 0.15) is 24.4 Å². The fourth-order valence-corrected chi connectivity index (χ4v) is 3.38. The molecule has 2 aromatic rings. The summed E-state index contributed by atoms with van der Waals surface area (Å²) in [6.45, 7) is 0.215. The van der Waals surface area contributed by atoms with Gasteiger partial charge in [0.25, 0.3) is 11.8 Å². The molecule has 0 bridgehead atoms. The van der Waals surface area contributed by atoms with Gasteiger partial charge in [0.15, 0.2) is 12.6 Å². The van der Waals surface area contributed by atoms with Crippen molar-refractivity contribution >= 4 is 29.1 Å². The van der Waals surface area contributed by atoms with E-state index < -0.39 is 6.04 Å². The Kier molecular flexibility index (Phi) is 6.54. The van der Waals surface area contributed by atoms with Crippen molar-refractivity contribution in [3.05, 3.63) is 59.1 Å². The molecule has 1 aliphatic carbocycles. The number of carbonyl (C=O) groups excluding carboxylic acids is 2. The van der Waals surface area contributed by atoms with Crippen molar-refractivity contribution in [2.75, 3.05) is 26.0 Å². The molecule has 2 amide bonds. The molecule has 0 saturated heterocycles. The first-order valence-corrected chi connectivity index (χ1v) is 9.66. The normalized spacial score (nSPS) is 15.4. The van der Waals surface area contributed by atoms with Gasteiger partial charge in [0.05, 0.1) is 19.2 Å². The Morgan fingerprint density at radius 1 is 1.21 bits per heavy atom. The highest BCUT2D eigenvalue weighted by Crippen LogP contribution is 2.27. The zero-order valence-electron chi connectivity index (χ0n) is 16.0. The molecule has 1 fully saturated rings. The summed E-state index contributed by atoms with van der Waals surface area (Å²) in [4.78, 5) is 26.1. The minimum absolute atomic E-state index is 0.0405. The lowest BCUT2D eigenvalue weighted by molar-refractivity contribution is -0.894. The van der Waals surface area contributed by atoms with Crippen molar-refractivity contribution in [3.8, 4) is 5.75 Å². The van der Waals surface area contributed by atoms with Crippen LogP contribution in [0, 0.1) is 0 Å². The van der Waals surface area contributed by atoms with E-state index in [1.165, 1.54) is 7.11 Å². The first kappa shape index (κ1) is 20.2. The topological polar surface area (TPSA) is 71.9 Å². The van der Waals surface area contributed by atoms with Gasteiger partial charge in [-0.05, 0) is 31.0 Å². The molecule has 28 heavy (non-hydrogen) atoms. The van der Waals surface area contributed by atoms with Gasteiger partial charge in [-0.25, -0.2) is 0 Å². The maximum Gasteiger partial charge on any atom is 0.287 e. The van der Waals surface area contributed by atoms with Gasteiger partial charge >= 0.3 is 0 Å². The number of halogens is 1. The van der Waals surface area contributed by atoms with Gasteiger partial charge < -0.3 is 20.3 Å². The molecule has 0 spiro atoms. The van der Waals surface area contributed by atoms with Gasteiger partial charge in [-0.1, -0.05) is 41.9 Å². The third-order valence-corrected chi connectivity index (χ3v) is 4.98. The van der Waals surface area contributed by atoms with E-state index in [4.69, 9.17) is 16.3 Å². The van der Waals surface area contributed by atoms with Gasteiger partial charge in [0.1, 0.15) is 5.75 Å². The van der Waals surface area contributed by atoms with Crippen molar-refractivity contribution < 1.29 is 19.2 Å². The Labute approximate surface area is 169 Å². The van der Waals surface area contributed by atoms with Crippen molar-refractivity contribution in [1.82, 2.24) is 5.32 Å². The first-order chi connectivity index (χ1) is 13.5. The average Bonchev–Trinajstić information content (AvgIpc) is 3.46. The minimum Gasteiger partial charge on any atom is -0.495 e. The largest absolute Gasteiger partial charge is 0.495 e. The molecule has 7 heteroatoms. The first-order valence-electron chi connectivity index (χ1n) is 9.29. The standard InChI is InChI=1S/C21H24ClN3O3/c1-25(13-19(26)23-15-8-9-15)20(14-6-4-3-5-7-14)21(27)24-16-10-11-18(28-2)17(22)12-16/h3-7,10-12,15,20H,8-9,13H2,1-2H3,(H,23,26)(H,24,27)/p+1/t20-/m1/s1.